The Morgan fingerprint density at radius 1 is 0.636 bits per heavy atom. The summed E-state index contributed by atoms with van der Waals surface area (Å²) in [6.07, 6.45) is 24.5. The van der Waals surface area contributed by atoms with Crippen LogP contribution in [0.2, 0.25) is 0 Å². The van der Waals surface area contributed by atoms with E-state index < -0.39 is 0 Å². The molecule has 0 aromatic rings. The van der Waals surface area contributed by atoms with Gasteiger partial charge in [-0.15, -0.1) is 0 Å². The predicted octanol–water partition coefficient (Wildman–Crippen LogP) is 7.00. The molecule has 0 aliphatic carbocycles. The van der Waals surface area contributed by atoms with Crippen molar-refractivity contribution in [2.45, 2.75) is 129 Å². The Hall–Kier alpha value is -0.0400. The Balaban J connectivity index is 2.05. The minimum absolute atomic E-state index is 0.536. The lowest BCUT2D eigenvalue weighted by Crippen LogP contribution is -2.39. The Bertz CT molecular complexity index is 230. The van der Waals surface area contributed by atoms with E-state index in [1.165, 1.54) is 116 Å². The highest BCUT2D eigenvalue weighted by Crippen LogP contribution is 2.31. The Kier molecular flexibility index (Phi) is 12.2. The van der Waals surface area contributed by atoms with E-state index in [0.717, 1.165) is 0 Å². The van der Waals surface area contributed by atoms with Crippen LogP contribution in [-0.4, -0.2) is 12.1 Å². The molecule has 1 heteroatoms. The topological polar surface area (TPSA) is 12.0 Å². The number of nitrogens with one attached hydrogen (secondary N) is 1. The summed E-state index contributed by atoms with van der Waals surface area (Å²) in [6, 6.07) is 0. The van der Waals surface area contributed by atoms with E-state index in [0.29, 0.717) is 5.54 Å². The third-order valence-corrected chi connectivity index (χ3v) is 5.60. The van der Waals surface area contributed by atoms with E-state index in [2.05, 4.69) is 19.2 Å². The lowest BCUT2D eigenvalue weighted by molar-refractivity contribution is 0.298. The summed E-state index contributed by atoms with van der Waals surface area (Å²) < 4.78 is 0. The highest BCUT2D eigenvalue weighted by atomic mass is 15.0. The van der Waals surface area contributed by atoms with Crippen molar-refractivity contribution < 1.29 is 0 Å². The molecule has 1 aliphatic heterocycles. The molecule has 1 saturated heterocycles. The van der Waals surface area contributed by atoms with Crippen molar-refractivity contribution in [2.24, 2.45) is 0 Å². The molecule has 0 radical (unpaired) electrons. The van der Waals surface area contributed by atoms with Gasteiger partial charge in [0.05, 0.1) is 0 Å². The number of unbranched alkanes of at least 4 members (excludes halogenated alkanes) is 11. The summed E-state index contributed by atoms with van der Waals surface area (Å²) >= 11 is 0. The van der Waals surface area contributed by atoms with Crippen molar-refractivity contribution in [1.29, 1.82) is 0 Å². The van der Waals surface area contributed by atoms with Crippen LogP contribution in [0.5, 0.6) is 0 Å². The highest BCUT2D eigenvalue weighted by molar-refractivity contribution is 4.92. The first-order valence-corrected chi connectivity index (χ1v) is 10.6. The molecule has 1 N–H and O–H groups in total. The fourth-order valence-corrected chi connectivity index (χ4v) is 4.08. The predicted molar refractivity (Wildman–Crippen MR) is 101 cm³/mol. The van der Waals surface area contributed by atoms with Crippen LogP contribution in [0.25, 0.3) is 0 Å². The first-order valence-electron chi connectivity index (χ1n) is 10.6. The van der Waals surface area contributed by atoms with Crippen molar-refractivity contribution >= 4 is 0 Å². The molecule has 22 heavy (non-hydrogen) atoms. The van der Waals surface area contributed by atoms with Gasteiger partial charge in [-0.05, 0) is 32.2 Å². The van der Waals surface area contributed by atoms with Gasteiger partial charge < -0.3 is 5.32 Å². The molecular formula is C21H43N. The fourth-order valence-electron chi connectivity index (χ4n) is 4.08. The van der Waals surface area contributed by atoms with Gasteiger partial charge >= 0.3 is 0 Å². The minimum atomic E-state index is 0.536. The maximum atomic E-state index is 3.88. The van der Waals surface area contributed by atoms with E-state index >= 15 is 0 Å². The summed E-state index contributed by atoms with van der Waals surface area (Å²) in [7, 11) is 0. The second-order valence-corrected chi connectivity index (χ2v) is 7.70. The molecule has 0 aromatic heterocycles. The summed E-state index contributed by atoms with van der Waals surface area (Å²) in [6.45, 7) is 5.88. The SMILES string of the molecule is CCCCCCCCCCC1(CCCCCCC)CCCN1. The molecule has 1 aliphatic rings. The van der Waals surface area contributed by atoms with Crippen LogP contribution >= 0.6 is 0 Å². The van der Waals surface area contributed by atoms with Crippen LogP contribution in [0, 0.1) is 0 Å². The highest BCUT2D eigenvalue weighted by Gasteiger charge is 2.31. The Morgan fingerprint density at radius 2 is 1.09 bits per heavy atom. The molecule has 132 valence electrons. The van der Waals surface area contributed by atoms with Crippen LogP contribution in [0.1, 0.15) is 123 Å². The van der Waals surface area contributed by atoms with E-state index in [1.54, 1.807) is 0 Å². The zero-order chi connectivity index (χ0) is 15.9. The number of hydrogen-bond acceptors (Lipinski definition) is 1. The maximum absolute atomic E-state index is 3.88. The summed E-state index contributed by atoms with van der Waals surface area (Å²) in [5.74, 6) is 0. The summed E-state index contributed by atoms with van der Waals surface area (Å²) in [5.41, 5.74) is 0.536. The van der Waals surface area contributed by atoms with Gasteiger partial charge in [0.2, 0.25) is 0 Å². The van der Waals surface area contributed by atoms with Gasteiger partial charge in [-0.25, -0.2) is 0 Å². The second-order valence-electron chi connectivity index (χ2n) is 7.70. The zero-order valence-corrected chi connectivity index (χ0v) is 15.7. The Labute approximate surface area is 141 Å². The lowest BCUT2D eigenvalue weighted by atomic mass is 9.85. The van der Waals surface area contributed by atoms with E-state index in [9.17, 15) is 0 Å². The smallest absolute Gasteiger partial charge is 0.0182 e. The fraction of sp³-hybridized carbons (Fsp3) is 1.00. The van der Waals surface area contributed by atoms with Crippen molar-refractivity contribution in [3.05, 3.63) is 0 Å². The number of rotatable bonds is 15. The number of hydrogen-bond donors (Lipinski definition) is 1. The quantitative estimate of drug-likeness (QED) is 0.321. The van der Waals surface area contributed by atoms with E-state index in [1.807, 2.05) is 0 Å². The van der Waals surface area contributed by atoms with Crippen LogP contribution in [-0.2, 0) is 0 Å². The van der Waals surface area contributed by atoms with Crippen LogP contribution in [0.15, 0.2) is 0 Å². The molecule has 0 amide bonds. The van der Waals surface area contributed by atoms with Crippen molar-refractivity contribution in [3.8, 4) is 0 Å². The lowest BCUT2D eigenvalue weighted by Gasteiger charge is -2.30. The van der Waals surface area contributed by atoms with Crippen molar-refractivity contribution in [2.75, 3.05) is 6.54 Å². The molecule has 0 saturated carbocycles. The van der Waals surface area contributed by atoms with Crippen LogP contribution in [0.3, 0.4) is 0 Å². The third-order valence-electron chi connectivity index (χ3n) is 5.60. The molecule has 0 bridgehead atoms. The van der Waals surface area contributed by atoms with Gasteiger partial charge in [0.1, 0.15) is 0 Å². The van der Waals surface area contributed by atoms with Gasteiger partial charge in [-0.2, -0.15) is 0 Å². The molecule has 1 atom stereocenters. The summed E-state index contributed by atoms with van der Waals surface area (Å²) in [5, 5.41) is 3.88. The van der Waals surface area contributed by atoms with Gasteiger partial charge in [0.25, 0.3) is 0 Å². The zero-order valence-electron chi connectivity index (χ0n) is 15.7. The standard InChI is InChI=1S/C21H43N/c1-3-5-7-9-10-11-13-15-18-21(19-16-20-22-21)17-14-12-8-6-4-2/h22H,3-20H2,1-2H3. The summed E-state index contributed by atoms with van der Waals surface area (Å²) in [4.78, 5) is 0. The monoisotopic (exact) mass is 309 g/mol. The molecule has 1 heterocycles. The molecular weight excluding hydrogens is 266 g/mol. The molecule has 1 unspecified atom stereocenters. The molecule has 1 nitrogen and oxygen atoms in total. The largest absolute Gasteiger partial charge is 0.311 e. The van der Waals surface area contributed by atoms with Crippen LogP contribution < -0.4 is 5.32 Å². The second kappa shape index (κ2) is 13.4. The van der Waals surface area contributed by atoms with Crippen LogP contribution in [0.4, 0.5) is 0 Å². The van der Waals surface area contributed by atoms with Crippen molar-refractivity contribution in [3.63, 3.8) is 0 Å². The minimum Gasteiger partial charge on any atom is -0.311 e. The van der Waals surface area contributed by atoms with E-state index in [-0.39, 0.29) is 0 Å². The molecule has 1 rings (SSSR count). The maximum Gasteiger partial charge on any atom is 0.0182 e. The van der Waals surface area contributed by atoms with E-state index in [4.69, 9.17) is 0 Å². The molecule has 0 aromatic carbocycles. The van der Waals surface area contributed by atoms with Gasteiger partial charge in [-0.1, -0.05) is 97.3 Å². The molecule has 1 fully saturated rings. The normalized spacial score (nSPS) is 21.5. The third kappa shape index (κ3) is 9.18. The molecule has 0 spiro atoms. The van der Waals surface area contributed by atoms with Gasteiger partial charge in [-0.3, -0.25) is 0 Å². The Morgan fingerprint density at radius 3 is 1.50 bits per heavy atom. The average Bonchev–Trinajstić information content (AvgIpc) is 2.99. The average molecular weight is 310 g/mol. The van der Waals surface area contributed by atoms with Gasteiger partial charge in [0.15, 0.2) is 0 Å². The first kappa shape index (κ1) is 20.0. The van der Waals surface area contributed by atoms with Gasteiger partial charge in [0, 0.05) is 5.54 Å². The first-order chi connectivity index (χ1) is 10.8. The van der Waals surface area contributed by atoms with Crippen molar-refractivity contribution in [1.82, 2.24) is 5.32 Å².